The molecule has 1 fully saturated rings. The summed E-state index contributed by atoms with van der Waals surface area (Å²) >= 11 is 0. The Morgan fingerprint density at radius 2 is 2.05 bits per heavy atom. The molecular formula is C16H21N5O. The summed E-state index contributed by atoms with van der Waals surface area (Å²) in [6, 6.07) is 8.02. The highest BCUT2D eigenvalue weighted by molar-refractivity contribution is 5.84. The minimum Gasteiger partial charge on any atom is -0.368 e. The molecule has 3 rings (SSSR count). The standard InChI is InChI=1S/C16H21N5O/c1-20-4-6-21(7-5-20)14-10-13-8-12(9-16(22)19-17)2-3-15(13)18-11-14/h2-3,8,10-11H,4-7,9,17H2,1H3,(H,19,22). The third-order valence-corrected chi connectivity index (χ3v) is 4.13. The van der Waals surface area contributed by atoms with Crippen molar-refractivity contribution in [1.82, 2.24) is 15.3 Å². The van der Waals surface area contributed by atoms with Crippen LogP contribution in [0.25, 0.3) is 10.9 Å². The fourth-order valence-corrected chi connectivity index (χ4v) is 2.75. The average molecular weight is 299 g/mol. The van der Waals surface area contributed by atoms with Crippen LogP contribution in [0.3, 0.4) is 0 Å². The number of hydrogen-bond donors (Lipinski definition) is 2. The molecule has 116 valence electrons. The Balaban J connectivity index is 1.85. The van der Waals surface area contributed by atoms with Gasteiger partial charge >= 0.3 is 0 Å². The highest BCUT2D eigenvalue weighted by Crippen LogP contribution is 2.22. The average Bonchev–Trinajstić information content (AvgIpc) is 2.54. The van der Waals surface area contributed by atoms with Gasteiger partial charge in [-0.25, -0.2) is 5.84 Å². The minimum atomic E-state index is -0.192. The summed E-state index contributed by atoms with van der Waals surface area (Å²) in [5, 5.41) is 1.05. The van der Waals surface area contributed by atoms with Crippen molar-refractivity contribution < 1.29 is 4.79 Å². The highest BCUT2D eigenvalue weighted by Gasteiger charge is 2.15. The lowest BCUT2D eigenvalue weighted by molar-refractivity contribution is -0.120. The third kappa shape index (κ3) is 3.18. The molecule has 0 radical (unpaired) electrons. The summed E-state index contributed by atoms with van der Waals surface area (Å²) < 4.78 is 0. The zero-order valence-corrected chi connectivity index (χ0v) is 12.7. The van der Waals surface area contributed by atoms with Crippen molar-refractivity contribution in [3.05, 3.63) is 36.0 Å². The van der Waals surface area contributed by atoms with Crippen LogP contribution in [0, 0.1) is 0 Å². The van der Waals surface area contributed by atoms with Crippen LogP contribution in [0.1, 0.15) is 5.56 Å². The number of rotatable bonds is 3. The Morgan fingerprint density at radius 1 is 1.27 bits per heavy atom. The number of carbonyl (C=O) groups excluding carboxylic acids is 1. The second-order valence-electron chi connectivity index (χ2n) is 5.76. The van der Waals surface area contributed by atoms with Gasteiger partial charge in [0.1, 0.15) is 0 Å². The lowest BCUT2D eigenvalue weighted by atomic mass is 10.1. The van der Waals surface area contributed by atoms with Crippen molar-refractivity contribution in [2.24, 2.45) is 5.84 Å². The molecule has 1 aromatic carbocycles. The molecule has 1 saturated heterocycles. The Hall–Kier alpha value is -2.18. The number of piperazine rings is 1. The molecule has 0 saturated carbocycles. The monoisotopic (exact) mass is 299 g/mol. The molecule has 0 spiro atoms. The molecule has 6 nitrogen and oxygen atoms in total. The molecule has 1 amide bonds. The molecule has 1 aliphatic heterocycles. The number of aromatic nitrogens is 1. The van der Waals surface area contributed by atoms with E-state index >= 15 is 0 Å². The zero-order chi connectivity index (χ0) is 15.5. The molecule has 3 N–H and O–H groups in total. The van der Waals surface area contributed by atoms with Crippen LogP contribution in [0.15, 0.2) is 30.5 Å². The fraction of sp³-hybridized carbons (Fsp3) is 0.375. The molecule has 0 unspecified atom stereocenters. The van der Waals surface area contributed by atoms with Gasteiger partial charge in [0.15, 0.2) is 0 Å². The Bertz CT molecular complexity index is 679. The largest absolute Gasteiger partial charge is 0.368 e. The van der Waals surface area contributed by atoms with Crippen molar-refractivity contribution in [3.63, 3.8) is 0 Å². The van der Waals surface area contributed by atoms with E-state index in [1.54, 1.807) is 0 Å². The number of nitrogens with two attached hydrogens (primary N) is 1. The molecule has 6 heteroatoms. The van der Waals surface area contributed by atoms with E-state index in [1.165, 1.54) is 0 Å². The molecule has 2 aromatic rings. The first-order chi connectivity index (χ1) is 10.7. The minimum absolute atomic E-state index is 0.192. The smallest absolute Gasteiger partial charge is 0.238 e. The van der Waals surface area contributed by atoms with Gasteiger partial charge in [-0.1, -0.05) is 6.07 Å². The number of nitrogens with one attached hydrogen (secondary N) is 1. The van der Waals surface area contributed by atoms with Gasteiger partial charge in [-0.3, -0.25) is 15.2 Å². The Labute approximate surface area is 129 Å². The predicted molar refractivity (Wildman–Crippen MR) is 87.5 cm³/mol. The van der Waals surface area contributed by atoms with Crippen LogP contribution >= 0.6 is 0 Å². The van der Waals surface area contributed by atoms with Crippen LogP contribution in [0.5, 0.6) is 0 Å². The second-order valence-corrected chi connectivity index (χ2v) is 5.76. The fourth-order valence-electron chi connectivity index (χ4n) is 2.75. The van der Waals surface area contributed by atoms with Gasteiger partial charge in [0, 0.05) is 31.6 Å². The third-order valence-electron chi connectivity index (χ3n) is 4.13. The van der Waals surface area contributed by atoms with E-state index < -0.39 is 0 Å². The first-order valence-corrected chi connectivity index (χ1v) is 7.47. The molecule has 0 aliphatic carbocycles. The van der Waals surface area contributed by atoms with E-state index in [0.29, 0.717) is 0 Å². The molecule has 22 heavy (non-hydrogen) atoms. The highest BCUT2D eigenvalue weighted by atomic mass is 16.2. The number of pyridine rings is 1. The van der Waals surface area contributed by atoms with Crippen molar-refractivity contribution >= 4 is 22.5 Å². The molecule has 1 aromatic heterocycles. The number of hydrogen-bond acceptors (Lipinski definition) is 5. The zero-order valence-electron chi connectivity index (χ0n) is 12.7. The molecule has 1 aliphatic rings. The van der Waals surface area contributed by atoms with Gasteiger partial charge in [0.25, 0.3) is 0 Å². The number of fused-ring (bicyclic) bond motifs is 1. The van der Waals surface area contributed by atoms with Crippen LogP contribution in [0.4, 0.5) is 5.69 Å². The van der Waals surface area contributed by atoms with Crippen molar-refractivity contribution in [2.45, 2.75) is 6.42 Å². The molecular weight excluding hydrogens is 278 g/mol. The maximum atomic E-state index is 11.4. The SMILES string of the molecule is CN1CCN(c2cnc3ccc(CC(=O)NN)cc3c2)CC1. The summed E-state index contributed by atoms with van der Waals surface area (Å²) in [4.78, 5) is 20.6. The lowest BCUT2D eigenvalue weighted by Gasteiger charge is -2.33. The summed E-state index contributed by atoms with van der Waals surface area (Å²) in [6.07, 6.45) is 2.21. The molecule has 0 atom stereocenters. The van der Waals surface area contributed by atoms with Crippen molar-refractivity contribution in [3.8, 4) is 0 Å². The van der Waals surface area contributed by atoms with Gasteiger partial charge in [-0.2, -0.15) is 0 Å². The van der Waals surface area contributed by atoms with Crippen LogP contribution in [-0.2, 0) is 11.2 Å². The quantitative estimate of drug-likeness (QED) is 0.491. The first kappa shape index (κ1) is 14.7. The Kier molecular flexibility index (Phi) is 4.22. The summed E-state index contributed by atoms with van der Waals surface area (Å²) in [5.74, 6) is 4.95. The van der Waals surface area contributed by atoms with Crippen LogP contribution < -0.4 is 16.2 Å². The van der Waals surface area contributed by atoms with E-state index in [9.17, 15) is 4.79 Å². The van der Waals surface area contributed by atoms with Gasteiger partial charge in [-0.15, -0.1) is 0 Å². The number of nitrogens with zero attached hydrogens (tertiary/aromatic N) is 3. The van der Waals surface area contributed by atoms with E-state index in [4.69, 9.17) is 5.84 Å². The maximum absolute atomic E-state index is 11.4. The van der Waals surface area contributed by atoms with Crippen molar-refractivity contribution in [2.75, 3.05) is 38.1 Å². The first-order valence-electron chi connectivity index (χ1n) is 7.47. The number of amides is 1. The van der Waals surface area contributed by atoms with Gasteiger partial charge in [0.2, 0.25) is 5.91 Å². The second kappa shape index (κ2) is 6.29. The number of hydrazine groups is 1. The number of carbonyl (C=O) groups is 1. The molecule has 0 bridgehead atoms. The Morgan fingerprint density at radius 3 is 2.77 bits per heavy atom. The summed E-state index contributed by atoms with van der Waals surface area (Å²) in [6.45, 7) is 4.15. The van der Waals surface area contributed by atoms with Gasteiger partial charge in [0.05, 0.1) is 23.8 Å². The van der Waals surface area contributed by atoms with E-state index in [2.05, 4.69) is 33.3 Å². The number of likely N-dealkylation sites (N-methyl/N-ethyl adjacent to an activating group) is 1. The topological polar surface area (TPSA) is 74.5 Å². The number of benzene rings is 1. The number of anilines is 1. The van der Waals surface area contributed by atoms with Crippen LogP contribution in [0.2, 0.25) is 0 Å². The van der Waals surface area contributed by atoms with E-state index in [0.717, 1.165) is 48.3 Å². The van der Waals surface area contributed by atoms with Gasteiger partial charge in [-0.05, 0) is 30.8 Å². The van der Waals surface area contributed by atoms with Crippen molar-refractivity contribution in [1.29, 1.82) is 0 Å². The summed E-state index contributed by atoms with van der Waals surface area (Å²) in [5.41, 5.74) is 5.18. The predicted octanol–water partition coefficient (Wildman–Crippen LogP) is 0.519. The maximum Gasteiger partial charge on any atom is 0.238 e. The van der Waals surface area contributed by atoms with E-state index in [-0.39, 0.29) is 12.3 Å². The lowest BCUT2D eigenvalue weighted by Crippen LogP contribution is -2.44. The molecule has 2 heterocycles. The van der Waals surface area contributed by atoms with Crippen LogP contribution in [-0.4, -0.2) is 49.0 Å². The van der Waals surface area contributed by atoms with Gasteiger partial charge < -0.3 is 9.80 Å². The summed E-state index contributed by atoms with van der Waals surface area (Å²) in [7, 11) is 2.14. The van der Waals surface area contributed by atoms with E-state index in [1.807, 2.05) is 24.4 Å². The normalized spacial score (nSPS) is 16.0.